The van der Waals surface area contributed by atoms with E-state index in [0.29, 0.717) is 18.8 Å². The molecule has 156 valence electrons. The number of nitrogens with one attached hydrogen (secondary N) is 1. The van der Waals surface area contributed by atoms with Gasteiger partial charge in [-0.1, -0.05) is 24.3 Å². The van der Waals surface area contributed by atoms with E-state index >= 15 is 0 Å². The molecule has 1 N–H and O–H groups in total. The third-order valence-corrected chi connectivity index (χ3v) is 5.40. The predicted molar refractivity (Wildman–Crippen MR) is 112 cm³/mol. The average molecular weight is 407 g/mol. The first-order valence-electron chi connectivity index (χ1n) is 9.83. The van der Waals surface area contributed by atoms with E-state index < -0.39 is 0 Å². The first-order chi connectivity index (χ1) is 14.6. The summed E-state index contributed by atoms with van der Waals surface area (Å²) in [7, 11) is 3.27. The van der Waals surface area contributed by atoms with Crippen LogP contribution in [0.5, 0.6) is 11.5 Å². The van der Waals surface area contributed by atoms with Gasteiger partial charge in [0.2, 0.25) is 0 Å². The fourth-order valence-corrected chi connectivity index (χ4v) is 3.58. The molecule has 2 aromatic carbocycles. The molecule has 0 radical (unpaired) electrons. The van der Waals surface area contributed by atoms with Crippen molar-refractivity contribution in [3.63, 3.8) is 0 Å². The van der Waals surface area contributed by atoms with E-state index in [0.717, 1.165) is 28.3 Å². The highest BCUT2D eigenvalue weighted by molar-refractivity contribution is 5.93. The zero-order valence-electron chi connectivity index (χ0n) is 17.3. The van der Waals surface area contributed by atoms with Crippen LogP contribution in [0.2, 0.25) is 0 Å². The molecule has 3 aromatic rings. The Morgan fingerprint density at radius 3 is 2.37 bits per heavy atom. The zero-order chi connectivity index (χ0) is 21.1. The Labute approximate surface area is 175 Å². The number of hydrogen-bond donors (Lipinski definition) is 1. The van der Waals surface area contributed by atoms with E-state index in [1.165, 1.54) is 0 Å². The number of aromatic nitrogens is 2. The average Bonchev–Trinajstić information content (AvgIpc) is 3.22. The van der Waals surface area contributed by atoms with Crippen LogP contribution < -0.4 is 14.8 Å². The molecule has 1 aliphatic rings. The van der Waals surface area contributed by atoms with Gasteiger partial charge in [0.05, 0.1) is 45.4 Å². The van der Waals surface area contributed by atoms with Gasteiger partial charge in [0, 0.05) is 0 Å². The van der Waals surface area contributed by atoms with Gasteiger partial charge in [0.1, 0.15) is 17.6 Å². The third kappa shape index (κ3) is 4.02. The lowest BCUT2D eigenvalue weighted by atomic mass is 10.1. The minimum Gasteiger partial charge on any atom is -0.497 e. The highest BCUT2D eigenvalue weighted by atomic mass is 16.5. The second kappa shape index (κ2) is 8.59. The SMILES string of the molecule is COc1ccc([C@@H]2Cn3cnc(C(=O)N[C@H](C)c4ccc(OC)cc4)c3CO2)cc1. The molecule has 0 saturated heterocycles. The standard InChI is InChI=1S/C23H25N3O4/c1-15(16-4-8-18(28-2)9-5-16)25-23(27)22-20-13-30-21(12-26(20)14-24-22)17-6-10-19(29-3)11-7-17/h4-11,14-15,21H,12-13H2,1-3H3,(H,25,27)/t15-,21+/m1/s1. The minimum absolute atomic E-state index is 0.0910. The molecular weight excluding hydrogens is 382 g/mol. The van der Waals surface area contributed by atoms with E-state index in [2.05, 4.69) is 10.3 Å². The Balaban J connectivity index is 1.44. The van der Waals surface area contributed by atoms with Crippen LogP contribution in [0, 0.1) is 0 Å². The molecule has 4 rings (SSSR count). The summed E-state index contributed by atoms with van der Waals surface area (Å²) in [6.07, 6.45) is 1.62. The lowest BCUT2D eigenvalue weighted by molar-refractivity contribution is 0.00254. The van der Waals surface area contributed by atoms with Crippen LogP contribution in [0.25, 0.3) is 0 Å². The number of hydrogen-bond acceptors (Lipinski definition) is 5. The second-order valence-electron chi connectivity index (χ2n) is 7.23. The van der Waals surface area contributed by atoms with Crippen molar-refractivity contribution < 1.29 is 19.0 Å². The lowest BCUT2D eigenvalue weighted by Gasteiger charge is -2.26. The van der Waals surface area contributed by atoms with Crippen LogP contribution >= 0.6 is 0 Å². The maximum atomic E-state index is 12.8. The van der Waals surface area contributed by atoms with Crippen molar-refractivity contribution in [2.24, 2.45) is 0 Å². The summed E-state index contributed by atoms with van der Waals surface area (Å²) in [6.45, 7) is 2.88. The van der Waals surface area contributed by atoms with Gasteiger partial charge >= 0.3 is 0 Å². The number of rotatable bonds is 6. The maximum absolute atomic E-state index is 12.8. The van der Waals surface area contributed by atoms with E-state index in [-0.39, 0.29) is 18.1 Å². The number of carbonyl (C=O) groups is 1. The molecule has 0 spiro atoms. The molecule has 0 saturated carbocycles. The molecule has 7 nitrogen and oxygen atoms in total. The normalized spacial score (nSPS) is 16.4. The maximum Gasteiger partial charge on any atom is 0.272 e. The fraction of sp³-hybridized carbons (Fsp3) is 0.304. The van der Waals surface area contributed by atoms with Gasteiger partial charge < -0.3 is 24.1 Å². The molecular formula is C23H25N3O4. The van der Waals surface area contributed by atoms with E-state index in [1.807, 2.05) is 60.0 Å². The smallest absolute Gasteiger partial charge is 0.272 e. The zero-order valence-corrected chi connectivity index (χ0v) is 17.3. The van der Waals surface area contributed by atoms with Gasteiger partial charge in [-0.15, -0.1) is 0 Å². The molecule has 1 aromatic heterocycles. The number of imidazole rings is 1. The van der Waals surface area contributed by atoms with Crippen LogP contribution in [0.15, 0.2) is 54.9 Å². The number of carbonyl (C=O) groups excluding carboxylic acids is 1. The molecule has 0 bridgehead atoms. The van der Waals surface area contributed by atoms with Crippen molar-refractivity contribution in [1.82, 2.24) is 14.9 Å². The minimum atomic E-state index is -0.210. The second-order valence-corrected chi connectivity index (χ2v) is 7.23. The first kappa shape index (κ1) is 20.0. The summed E-state index contributed by atoms with van der Waals surface area (Å²) >= 11 is 0. The first-order valence-corrected chi connectivity index (χ1v) is 9.83. The third-order valence-electron chi connectivity index (χ3n) is 5.40. The molecule has 0 fully saturated rings. The summed E-state index contributed by atoms with van der Waals surface area (Å²) in [4.78, 5) is 17.2. The van der Waals surface area contributed by atoms with E-state index in [1.54, 1.807) is 20.5 Å². The van der Waals surface area contributed by atoms with Crippen LogP contribution in [0.4, 0.5) is 0 Å². The summed E-state index contributed by atoms with van der Waals surface area (Å²) in [6, 6.07) is 15.3. The molecule has 2 heterocycles. The Bertz CT molecular complexity index is 1010. The molecule has 7 heteroatoms. The van der Waals surface area contributed by atoms with Crippen LogP contribution in [-0.2, 0) is 17.9 Å². The Morgan fingerprint density at radius 2 is 1.73 bits per heavy atom. The monoisotopic (exact) mass is 407 g/mol. The predicted octanol–water partition coefficient (Wildman–Crippen LogP) is 3.66. The van der Waals surface area contributed by atoms with Crippen LogP contribution in [-0.4, -0.2) is 29.7 Å². The molecule has 2 atom stereocenters. The van der Waals surface area contributed by atoms with Crippen molar-refractivity contribution >= 4 is 5.91 Å². The largest absolute Gasteiger partial charge is 0.497 e. The van der Waals surface area contributed by atoms with Gasteiger partial charge in [-0.05, 0) is 42.3 Å². The van der Waals surface area contributed by atoms with Crippen molar-refractivity contribution in [2.75, 3.05) is 14.2 Å². The van der Waals surface area contributed by atoms with E-state index in [9.17, 15) is 4.79 Å². The number of nitrogens with zero attached hydrogens (tertiary/aromatic N) is 2. The van der Waals surface area contributed by atoms with Crippen molar-refractivity contribution in [3.05, 3.63) is 77.4 Å². The summed E-state index contributed by atoms with van der Waals surface area (Å²) < 4.78 is 18.4. The Kier molecular flexibility index (Phi) is 5.72. The van der Waals surface area contributed by atoms with Gasteiger partial charge in [0.15, 0.2) is 5.69 Å². The number of ether oxygens (including phenoxy) is 3. The van der Waals surface area contributed by atoms with Crippen LogP contribution in [0.3, 0.4) is 0 Å². The summed E-state index contributed by atoms with van der Waals surface area (Å²) in [5.41, 5.74) is 3.25. The van der Waals surface area contributed by atoms with E-state index in [4.69, 9.17) is 14.2 Å². The van der Waals surface area contributed by atoms with Gasteiger partial charge in [0.25, 0.3) is 5.91 Å². The summed E-state index contributed by atoms with van der Waals surface area (Å²) in [5.74, 6) is 1.38. The van der Waals surface area contributed by atoms with Gasteiger partial charge in [-0.3, -0.25) is 4.79 Å². The highest BCUT2D eigenvalue weighted by Crippen LogP contribution is 2.29. The number of methoxy groups -OCH3 is 2. The Morgan fingerprint density at radius 1 is 1.10 bits per heavy atom. The lowest BCUT2D eigenvalue weighted by Crippen LogP contribution is -2.29. The Hall–Kier alpha value is -3.32. The number of benzene rings is 2. The van der Waals surface area contributed by atoms with Gasteiger partial charge in [-0.2, -0.15) is 0 Å². The van der Waals surface area contributed by atoms with Crippen molar-refractivity contribution in [2.45, 2.75) is 32.2 Å². The summed E-state index contributed by atoms with van der Waals surface area (Å²) in [5, 5.41) is 3.02. The number of fused-ring (bicyclic) bond motifs is 1. The van der Waals surface area contributed by atoms with Crippen molar-refractivity contribution in [1.29, 1.82) is 0 Å². The number of amides is 1. The van der Waals surface area contributed by atoms with Crippen molar-refractivity contribution in [3.8, 4) is 11.5 Å². The molecule has 0 aliphatic carbocycles. The molecule has 0 unspecified atom stereocenters. The van der Waals surface area contributed by atoms with Crippen LogP contribution in [0.1, 0.15) is 46.4 Å². The topological polar surface area (TPSA) is 74.6 Å². The highest BCUT2D eigenvalue weighted by Gasteiger charge is 2.27. The molecule has 30 heavy (non-hydrogen) atoms. The fourth-order valence-electron chi connectivity index (χ4n) is 3.58. The quantitative estimate of drug-likeness (QED) is 0.675. The van der Waals surface area contributed by atoms with Gasteiger partial charge in [-0.25, -0.2) is 4.98 Å². The molecule has 1 aliphatic heterocycles. The molecule has 1 amide bonds.